The maximum atomic E-state index is 9.00. The number of nitrogens with one attached hydrogen (secondary N) is 1. The van der Waals surface area contributed by atoms with Crippen LogP contribution in [0.1, 0.15) is 12.6 Å². The summed E-state index contributed by atoms with van der Waals surface area (Å²) in [6.45, 7) is 4.84. The van der Waals surface area contributed by atoms with E-state index >= 15 is 0 Å². The zero-order valence-corrected chi connectivity index (χ0v) is 10.1. The predicted octanol–water partition coefficient (Wildman–Crippen LogP) is -0.151. The summed E-state index contributed by atoms with van der Waals surface area (Å²) in [5.74, 6) is -0.0365. The third-order valence-corrected chi connectivity index (χ3v) is 2.18. The average Bonchev–Trinajstić information content (AvgIpc) is 2.39. The highest BCUT2D eigenvalue weighted by molar-refractivity contribution is 5.62. The van der Waals surface area contributed by atoms with Crippen molar-refractivity contribution >= 4 is 11.8 Å². The summed E-state index contributed by atoms with van der Waals surface area (Å²) < 4.78 is 0. The molecule has 0 atom stereocenters. The van der Waals surface area contributed by atoms with Gasteiger partial charge in [0.25, 0.3) is 5.97 Å². The Balaban J connectivity index is 0.000000357. The maximum absolute atomic E-state index is 9.00. The highest BCUT2D eigenvalue weighted by Crippen LogP contribution is 2.09. The van der Waals surface area contributed by atoms with Crippen LogP contribution in [0.3, 0.4) is 0 Å². The van der Waals surface area contributed by atoms with Crippen LogP contribution in [0.4, 0.5) is 5.82 Å². The first-order valence-electron chi connectivity index (χ1n) is 5.51. The predicted molar refractivity (Wildman–Crippen MR) is 65.1 cm³/mol. The second kappa shape index (κ2) is 7.19. The van der Waals surface area contributed by atoms with E-state index in [1.54, 1.807) is 6.20 Å². The van der Waals surface area contributed by atoms with Crippen molar-refractivity contribution in [1.29, 1.82) is 5.26 Å². The van der Waals surface area contributed by atoms with Gasteiger partial charge in [0.05, 0.1) is 12.4 Å². The molecule has 0 aromatic carbocycles. The van der Waals surface area contributed by atoms with Crippen molar-refractivity contribution in [1.82, 2.24) is 15.3 Å². The number of nitrogens with zero attached hydrogens (tertiary/aromatic N) is 4. The molecule has 1 saturated heterocycles. The summed E-state index contributed by atoms with van der Waals surface area (Å²) in [5.41, 5.74) is 0.376. The van der Waals surface area contributed by atoms with E-state index in [-0.39, 0.29) is 0 Å². The van der Waals surface area contributed by atoms with Gasteiger partial charge in [-0.15, -0.1) is 0 Å². The van der Waals surface area contributed by atoms with Crippen LogP contribution in [-0.2, 0) is 4.79 Å². The monoisotopic (exact) mass is 249 g/mol. The van der Waals surface area contributed by atoms with E-state index in [2.05, 4.69) is 20.2 Å². The lowest BCUT2D eigenvalue weighted by Crippen LogP contribution is -2.44. The molecule has 2 heterocycles. The molecule has 18 heavy (non-hydrogen) atoms. The molecule has 0 spiro atoms. The fourth-order valence-corrected chi connectivity index (χ4v) is 1.46. The molecule has 0 saturated carbocycles. The van der Waals surface area contributed by atoms with E-state index in [0.29, 0.717) is 5.69 Å². The fraction of sp³-hybridized carbons (Fsp3) is 0.455. The molecule has 1 aliphatic rings. The smallest absolute Gasteiger partial charge is 0.300 e. The summed E-state index contributed by atoms with van der Waals surface area (Å²) in [7, 11) is 0. The van der Waals surface area contributed by atoms with Gasteiger partial charge in [0.2, 0.25) is 0 Å². The molecule has 1 fully saturated rings. The number of aliphatic carboxylic acids is 1. The van der Waals surface area contributed by atoms with Crippen LogP contribution in [-0.4, -0.2) is 47.2 Å². The van der Waals surface area contributed by atoms with E-state index in [0.717, 1.165) is 38.9 Å². The number of hydrogen-bond acceptors (Lipinski definition) is 6. The Morgan fingerprint density at radius 1 is 1.50 bits per heavy atom. The SMILES string of the molecule is CC(=O)O.N#Cc1cncc(N2CCNCC2)n1. The standard InChI is InChI=1S/C9H11N5.C2H4O2/c10-5-8-6-12-7-9(13-8)14-3-1-11-2-4-14;1-2(3)4/h6-7,11H,1-4H2;1H3,(H,3,4). The van der Waals surface area contributed by atoms with Gasteiger partial charge in [-0.1, -0.05) is 0 Å². The number of nitriles is 1. The van der Waals surface area contributed by atoms with E-state index < -0.39 is 5.97 Å². The van der Waals surface area contributed by atoms with Crippen LogP contribution < -0.4 is 10.2 Å². The lowest BCUT2D eigenvalue weighted by Gasteiger charge is -2.27. The Morgan fingerprint density at radius 3 is 2.67 bits per heavy atom. The molecule has 1 aromatic rings. The quantitative estimate of drug-likeness (QED) is 0.713. The normalized spacial score (nSPS) is 14.1. The number of hydrogen-bond donors (Lipinski definition) is 2. The number of carbonyl (C=O) groups is 1. The van der Waals surface area contributed by atoms with Crippen LogP contribution in [0.15, 0.2) is 12.4 Å². The van der Waals surface area contributed by atoms with Gasteiger partial charge in [-0.2, -0.15) is 5.26 Å². The summed E-state index contributed by atoms with van der Waals surface area (Å²) in [6.07, 6.45) is 3.18. The topological polar surface area (TPSA) is 102 Å². The molecule has 1 aromatic heterocycles. The van der Waals surface area contributed by atoms with Crippen LogP contribution >= 0.6 is 0 Å². The third-order valence-electron chi connectivity index (χ3n) is 2.18. The van der Waals surface area contributed by atoms with Crippen molar-refractivity contribution in [2.75, 3.05) is 31.1 Å². The van der Waals surface area contributed by atoms with Gasteiger partial charge in [-0.05, 0) is 0 Å². The highest BCUT2D eigenvalue weighted by Gasteiger charge is 2.11. The molecule has 1 aliphatic heterocycles. The van der Waals surface area contributed by atoms with Crippen molar-refractivity contribution in [3.05, 3.63) is 18.1 Å². The molecule has 0 radical (unpaired) electrons. The Hall–Kier alpha value is -2.20. The van der Waals surface area contributed by atoms with Crippen LogP contribution in [0.25, 0.3) is 0 Å². The molecule has 7 nitrogen and oxygen atoms in total. The molecule has 2 N–H and O–H groups in total. The van der Waals surface area contributed by atoms with E-state index in [4.69, 9.17) is 15.2 Å². The number of carboxylic acid groups (broad SMARTS) is 1. The van der Waals surface area contributed by atoms with Gasteiger partial charge in [0.15, 0.2) is 5.69 Å². The van der Waals surface area contributed by atoms with Crippen LogP contribution in [0.5, 0.6) is 0 Å². The number of anilines is 1. The van der Waals surface area contributed by atoms with Gasteiger partial charge in [0, 0.05) is 33.1 Å². The molecule has 7 heteroatoms. The second-order valence-corrected chi connectivity index (χ2v) is 3.63. The Labute approximate surface area is 105 Å². The Bertz CT molecular complexity index is 433. The van der Waals surface area contributed by atoms with Crippen LogP contribution in [0.2, 0.25) is 0 Å². The lowest BCUT2D eigenvalue weighted by molar-refractivity contribution is -0.134. The van der Waals surface area contributed by atoms with Crippen molar-refractivity contribution < 1.29 is 9.90 Å². The van der Waals surface area contributed by atoms with Gasteiger partial charge in [-0.3, -0.25) is 9.78 Å². The van der Waals surface area contributed by atoms with E-state index in [1.807, 2.05) is 6.07 Å². The molecule has 96 valence electrons. The van der Waals surface area contributed by atoms with Gasteiger partial charge >= 0.3 is 0 Å². The molecular weight excluding hydrogens is 234 g/mol. The van der Waals surface area contributed by atoms with Crippen molar-refractivity contribution in [3.63, 3.8) is 0 Å². The average molecular weight is 249 g/mol. The van der Waals surface area contributed by atoms with E-state index in [1.165, 1.54) is 6.20 Å². The number of aromatic nitrogens is 2. The summed E-state index contributed by atoms with van der Waals surface area (Å²) in [6, 6.07) is 1.99. The Kier molecular flexibility index (Phi) is 5.54. The maximum Gasteiger partial charge on any atom is 0.300 e. The second-order valence-electron chi connectivity index (χ2n) is 3.63. The van der Waals surface area contributed by atoms with Gasteiger partial charge in [-0.25, -0.2) is 4.98 Å². The Morgan fingerprint density at radius 2 is 2.11 bits per heavy atom. The molecule has 0 amide bonds. The molecule has 0 bridgehead atoms. The molecular formula is C11H15N5O2. The summed E-state index contributed by atoms with van der Waals surface area (Å²) >= 11 is 0. The number of piperazine rings is 1. The zero-order valence-electron chi connectivity index (χ0n) is 10.1. The molecule has 2 rings (SSSR count). The summed E-state index contributed by atoms with van der Waals surface area (Å²) in [5, 5.41) is 19.4. The minimum absolute atomic E-state index is 0.376. The highest BCUT2D eigenvalue weighted by atomic mass is 16.4. The fourth-order valence-electron chi connectivity index (χ4n) is 1.46. The number of carboxylic acids is 1. The van der Waals surface area contributed by atoms with Gasteiger partial charge < -0.3 is 15.3 Å². The van der Waals surface area contributed by atoms with Gasteiger partial charge in [0.1, 0.15) is 11.9 Å². The lowest BCUT2D eigenvalue weighted by atomic mass is 10.3. The van der Waals surface area contributed by atoms with E-state index in [9.17, 15) is 0 Å². The number of rotatable bonds is 1. The van der Waals surface area contributed by atoms with Crippen molar-refractivity contribution in [3.8, 4) is 6.07 Å². The van der Waals surface area contributed by atoms with Crippen LogP contribution in [0, 0.1) is 11.3 Å². The largest absolute Gasteiger partial charge is 0.481 e. The third kappa shape index (κ3) is 4.76. The molecule has 0 unspecified atom stereocenters. The minimum atomic E-state index is -0.833. The first-order chi connectivity index (χ1) is 8.63. The first kappa shape index (κ1) is 13.9. The first-order valence-corrected chi connectivity index (χ1v) is 5.51. The minimum Gasteiger partial charge on any atom is -0.481 e. The summed E-state index contributed by atoms with van der Waals surface area (Å²) in [4.78, 5) is 19.3. The zero-order chi connectivity index (χ0) is 13.4. The van der Waals surface area contributed by atoms with Crippen molar-refractivity contribution in [2.24, 2.45) is 0 Å². The molecule has 0 aliphatic carbocycles. The van der Waals surface area contributed by atoms with Crippen molar-refractivity contribution in [2.45, 2.75) is 6.92 Å².